The highest BCUT2D eigenvalue weighted by molar-refractivity contribution is 6.33. The number of rotatable bonds is 3. The van der Waals surface area contributed by atoms with Gasteiger partial charge in [-0.3, -0.25) is 4.79 Å². The molecular formula is C14H18ClFN2O. The van der Waals surface area contributed by atoms with Crippen molar-refractivity contribution in [1.29, 1.82) is 0 Å². The summed E-state index contributed by atoms with van der Waals surface area (Å²) in [6.45, 7) is 4.49. The van der Waals surface area contributed by atoms with Gasteiger partial charge in [-0.1, -0.05) is 31.5 Å². The maximum absolute atomic E-state index is 13.9. The summed E-state index contributed by atoms with van der Waals surface area (Å²) in [5.74, 6) is -0.557. The first kappa shape index (κ1) is 14.3. The lowest BCUT2D eigenvalue weighted by molar-refractivity contribution is -0.122. The standard InChI is InChI=1S/C14H18ClFN2O/c1-9(2)17-12-7-4-8-18(14(12)19)13-10(15)5-3-6-11(13)16/h3,5-6,9,12,17H,4,7-8H2,1-2H3. The van der Waals surface area contributed by atoms with E-state index in [2.05, 4.69) is 5.32 Å². The van der Waals surface area contributed by atoms with Crippen molar-refractivity contribution in [2.45, 2.75) is 38.8 Å². The van der Waals surface area contributed by atoms with E-state index in [1.807, 2.05) is 13.8 Å². The highest BCUT2D eigenvalue weighted by atomic mass is 35.5. The summed E-state index contributed by atoms with van der Waals surface area (Å²) in [5.41, 5.74) is 0.199. The van der Waals surface area contributed by atoms with Gasteiger partial charge >= 0.3 is 0 Å². The second-order valence-corrected chi connectivity index (χ2v) is 5.48. The van der Waals surface area contributed by atoms with E-state index in [9.17, 15) is 9.18 Å². The molecule has 19 heavy (non-hydrogen) atoms. The van der Waals surface area contributed by atoms with Crippen LogP contribution < -0.4 is 10.2 Å². The van der Waals surface area contributed by atoms with Crippen LogP contribution >= 0.6 is 11.6 Å². The molecule has 1 heterocycles. The van der Waals surface area contributed by atoms with Gasteiger partial charge in [0.1, 0.15) is 5.82 Å². The van der Waals surface area contributed by atoms with E-state index in [1.54, 1.807) is 12.1 Å². The molecule has 0 saturated carbocycles. The molecule has 104 valence electrons. The molecule has 1 aliphatic heterocycles. The van der Waals surface area contributed by atoms with E-state index in [4.69, 9.17) is 11.6 Å². The third-order valence-corrected chi connectivity index (χ3v) is 3.49. The van der Waals surface area contributed by atoms with Crippen molar-refractivity contribution in [3.63, 3.8) is 0 Å². The van der Waals surface area contributed by atoms with Crippen molar-refractivity contribution in [2.75, 3.05) is 11.4 Å². The first-order valence-electron chi connectivity index (χ1n) is 6.52. The van der Waals surface area contributed by atoms with Crippen molar-refractivity contribution >= 4 is 23.2 Å². The Morgan fingerprint density at radius 1 is 1.47 bits per heavy atom. The lowest BCUT2D eigenvalue weighted by atomic mass is 10.0. The minimum Gasteiger partial charge on any atom is -0.307 e. The molecule has 0 aliphatic carbocycles. The first-order chi connectivity index (χ1) is 9.00. The fraction of sp³-hybridized carbons (Fsp3) is 0.500. The average Bonchev–Trinajstić information content (AvgIpc) is 2.33. The van der Waals surface area contributed by atoms with E-state index in [0.29, 0.717) is 6.54 Å². The third-order valence-electron chi connectivity index (χ3n) is 3.18. The van der Waals surface area contributed by atoms with E-state index in [0.717, 1.165) is 12.8 Å². The number of halogens is 2. The van der Waals surface area contributed by atoms with Gasteiger partial charge in [-0.05, 0) is 25.0 Å². The number of anilines is 1. The molecule has 3 nitrogen and oxygen atoms in total. The lowest BCUT2D eigenvalue weighted by Crippen LogP contribution is -2.52. The molecule has 1 aromatic carbocycles. The molecule has 1 fully saturated rings. The fourth-order valence-electron chi connectivity index (χ4n) is 2.40. The summed E-state index contributed by atoms with van der Waals surface area (Å²) >= 11 is 6.03. The Morgan fingerprint density at radius 3 is 2.84 bits per heavy atom. The molecular weight excluding hydrogens is 267 g/mol. The number of benzene rings is 1. The highest BCUT2D eigenvalue weighted by Gasteiger charge is 2.32. The number of nitrogens with one attached hydrogen (secondary N) is 1. The Morgan fingerprint density at radius 2 is 2.21 bits per heavy atom. The van der Waals surface area contributed by atoms with Gasteiger partial charge in [0, 0.05) is 12.6 Å². The van der Waals surface area contributed by atoms with Crippen LogP contribution in [-0.4, -0.2) is 24.5 Å². The van der Waals surface area contributed by atoms with Gasteiger partial charge in [-0.15, -0.1) is 0 Å². The van der Waals surface area contributed by atoms with Crippen molar-refractivity contribution in [2.24, 2.45) is 0 Å². The predicted octanol–water partition coefficient (Wildman–Crippen LogP) is 2.97. The summed E-state index contributed by atoms with van der Waals surface area (Å²) in [5, 5.41) is 3.49. The van der Waals surface area contributed by atoms with Gasteiger partial charge in [-0.25, -0.2) is 4.39 Å². The number of hydrogen-bond donors (Lipinski definition) is 1. The molecule has 0 spiro atoms. The van der Waals surface area contributed by atoms with E-state index < -0.39 is 5.82 Å². The van der Waals surface area contributed by atoms with Crippen LogP contribution in [0.3, 0.4) is 0 Å². The lowest BCUT2D eigenvalue weighted by Gasteiger charge is -2.34. The first-order valence-corrected chi connectivity index (χ1v) is 6.90. The molecule has 1 saturated heterocycles. The molecule has 0 bridgehead atoms. The maximum Gasteiger partial charge on any atom is 0.244 e. The zero-order valence-corrected chi connectivity index (χ0v) is 11.9. The van der Waals surface area contributed by atoms with Crippen molar-refractivity contribution in [3.8, 4) is 0 Å². The van der Waals surface area contributed by atoms with Crippen molar-refractivity contribution in [1.82, 2.24) is 5.32 Å². The zero-order valence-electron chi connectivity index (χ0n) is 11.1. The number of nitrogens with zero attached hydrogens (tertiary/aromatic N) is 1. The molecule has 1 N–H and O–H groups in total. The Bertz CT molecular complexity index is 458. The minimum absolute atomic E-state index is 0.105. The molecule has 0 radical (unpaired) electrons. The zero-order chi connectivity index (χ0) is 14.0. The van der Waals surface area contributed by atoms with Crippen LogP contribution in [0.2, 0.25) is 5.02 Å². The quantitative estimate of drug-likeness (QED) is 0.925. The predicted molar refractivity (Wildman–Crippen MR) is 75.1 cm³/mol. The molecule has 1 atom stereocenters. The number of amides is 1. The van der Waals surface area contributed by atoms with Crippen LogP contribution in [0.1, 0.15) is 26.7 Å². The molecule has 2 rings (SSSR count). The fourth-order valence-corrected chi connectivity index (χ4v) is 2.67. The van der Waals surface area contributed by atoms with Gasteiger partial charge in [0.25, 0.3) is 0 Å². The summed E-state index contributed by atoms with van der Waals surface area (Å²) in [6, 6.07) is 4.43. The molecule has 0 aromatic heterocycles. The summed E-state index contributed by atoms with van der Waals surface area (Å²) in [7, 11) is 0. The number of para-hydroxylation sites is 1. The van der Waals surface area contributed by atoms with Crippen LogP contribution in [0.4, 0.5) is 10.1 Å². The normalized spacial score (nSPS) is 20.2. The second-order valence-electron chi connectivity index (χ2n) is 5.08. The van der Waals surface area contributed by atoms with Crippen molar-refractivity contribution in [3.05, 3.63) is 29.0 Å². The minimum atomic E-state index is -0.453. The topological polar surface area (TPSA) is 32.3 Å². The smallest absolute Gasteiger partial charge is 0.244 e. The number of carbonyl (C=O) groups is 1. The summed E-state index contributed by atoms with van der Waals surface area (Å²) in [6.07, 6.45) is 1.61. The summed E-state index contributed by atoms with van der Waals surface area (Å²) < 4.78 is 13.9. The Labute approximate surface area is 117 Å². The van der Waals surface area contributed by atoms with Crippen LogP contribution in [-0.2, 0) is 4.79 Å². The van der Waals surface area contributed by atoms with Crippen LogP contribution in [0.25, 0.3) is 0 Å². The average molecular weight is 285 g/mol. The van der Waals surface area contributed by atoms with Gasteiger partial charge < -0.3 is 10.2 Å². The van der Waals surface area contributed by atoms with E-state index in [1.165, 1.54) is 11.0 Å². The number of piperidine rings is 1. The van der Waals surface area contributed by atoms with E-state index >= 15 is 0 Å². The SMILES string of the molecule is CC(C)NC1CCCN(c2c(F)cccc2Cl)C1=O. The van der Waals surface area contributed by atoms with Crippen molar-refractivity contribution < 1.29 is 9.18 Å². The Balaban J connectivity index is 2.27. The van der Waals surface area contributed by atoms with Gasteiger partial charge in [0.05, 0.1) is 16.8 Å². The maximum atomic E-state index is 13.9. The van der Waals surface area contributed by atoms with Crippen LogP contribution in [0.15, 0.2) is 18.2 Å². The van der Waals surface area contributed by atoms with Gasteiger partial charge in [0.15, 0.2) is 0 Å². The molecule has 1 aliphatic rings. The monoisotopic (exact) mass is 284 g/mol. The summed E-state index contributed by atoms with van der Waals surface area (Å²) in [4.78, 5) is 13.9. The molecule has 5 heteroatoms. The van der Waals surface area contributed by atoms with Gasteiger partial charge in [0.2, 0.25) is 5.91 Å². The highest BCUT2D eigenvalue weighted by Crippen LogP contribution is 2.31. The second kappa shape index (κ2) is 5.88. The molecule has 1 amide bonds. The third kappa shape index (κ3) is 3.07. The van der Waals surface area contributed by atoms with E-state index in [-0.39, 0.29) is 28.7 Å². The van der Waals surface area contributed by atoms with Gasteiger partial charge in [-0.2, -0.15) is 0 Å². The van der Waals surface area contributed by atoms with Crippen LogP contribution in [0.5, 0.6) is 0 Å². The largest absolute Gasteiger partial charge is 0.307 e. The van der Waals surface area contributed by atoms with Crippen LogP contribution in [0, 0.1) is 5.82 Å². The Hall–Kier alpha value is -1.13. The number of carbonyl (C=O) groups excluding carboxylic acids is 1. The molecule has 1 aromatic rings. The molecule has 1 unspecified atom stereocenters. The Kier molecular flexibility index (Phi) is 4.42. The number of hydrogen-bond acceptors (Lipinski definition) is 2.